The van der Waals surface area contributed by atoms with Crippen molar-refractivity contribution in [2.75, 3.05) is 0 Å². The summed E-state index contributed by atoms with van der Waals surface area (Å²) in [5.74, 6) is 0. The number of aromatic amines is 1. The summed E-state index contributed by atoms with van der Waals surface area (Å²) in [6, 6.07) is 16.3. The molecule has 0 amide bonds. The van der Waals surface area contributed by atoms with Gasteiger partial charge in [0.25, 0.3) is 0 Å². The number of nitrogens with zero attached hydrogens (tertiary/aromatic N) is 1. The van der Waals surface area contributed by atoms with Crippen molar-refractivity contribution in [2.24, 2.45) is 0 Å². The molecule has 0 saturated carbocycles. The van der Waals surface area contributed by atoms with Crippen LogP contribution in [0.25, 0.3) is 11.0 Å². The summed E-state index contributed by atoms with van der Waals surface area (Å²) >= 11 is 11.5. The minimum Gasteiger partial charge on any atom is -0.331 e. The van der Waals surface area contributed by atoms with Gasteiger partial charge in [-0.15, -0.1) is 0 Å². The first kappa shape index (κ1) is 12.5. The number of aromatic nitrogens is 2. The molecule has 96 valence electrons. The number of benzene rings is 2. The van der Waals surface area contributed by atoms with Crippen LogP contribution in [-0.2, 0) is 0 Å². The van der Waals surface area contributed by atoms with E-state index < -0.39 is 0 Å². The van der Waals surface area contributed by atoms with E-state index in [9.17, 15) is 0 Å². The van der Waals surface area contributed by atoms with Gasteiger partial charge in [-0.05, 0) is 42.9 Å². The molecule has 0 aliphatic heterocycles. The fraction of sp³-hybridized carbons (Fsp3) is 0.133. The zero-order chi connectivity index (χ0) is 13.4. The highest BCUT2D eigenvalue weighted by molar-refractivity contribution is 7.71. The first-order chi connectivity index (χ1) is 9.16. The maximum atomic E-state index is 6.01. The van der Waals surface area contributed by atoms with E-state index in [-0.39, 0.29) is 6.04 Å². The molecule has 1 heterocycles. The molecule has 0 fully saturated rings. The molecule has 0 saturated heterocycles. The van der Waals surface area contributed by atoms with E-state index in [1.807, 2.05) is 36.4 Å². The molecule has 3 aromatic rings. The molecular formula is C15H13ClN2S. The Morgan fingerprint density at radius 2 is 1.89 bits per heavy atom. The van der Waals surface area contributed by atoms with Gasteiger partial charge in [0.05, 0.1) is 17.1 Å². The molecule has 1 unspecified atom stereocenters. The number of imidazole rings is 1. The van der Waals surface area contributed by atoms with Gasteiger partial charge in [0, 0.05) is 5.02 Å². The third kappa shape index (κ3) is 2.20. The molecule has 2 aromatic carbocycles. The van der Waals surface area contributed by atoms with Crippen molar-refractivity contribution in [1.82, 2.24) is 9.55 Å². The summed E-state index contributed by atoms with van der Waals surface area (Å²) < 4.78 is 2.84. The standard InChI is InChI=1S/C15H13ClN2S/c1-10(11-5-3-2-4-6-11)18-14-8-7-12(16)9-13(14)17-15(18)19/h2-10H,1H3,(H,17,19). The van der Waals surface area contributed by atoms with Crippen LogP contribution in [-0.4, -0.2) is 9.55 Å². The molecule has 0 aliphatic carbocycles. The normalized spacial score (nSPS) is 12.7. The maximum absolute atomic E-state index is 6.01. The second-order valence-corrected chi connectivity index (χ2v) is 5.37. The number of rotatable bonds is 2. The smallest absolute Gasteiger partial charge is 0.178 e. The highest BCUT2D eigenvalue weighted by Gasteiger charge is 2.12. The number of hydrogen-bond donors (Lipinski definition) is 1. The Morgan fingerprint density at radius 1 is 1.16 bits per heavy atom. The zero-order valence-electron chi connectivity index (χ0n) is 10.4. The van der Waals surface area contributed by atoms with Crippen LogP contribution in [0.3, 0.4) is 0 Å². The van der Waals surface area contributed by atoms with Crippen LogP contribution >= 0.6 is 23.8 Å². The van der Waals surface area contributed by atoms with Crippen LogP contribution < -0.4 is 0 Å². The fourth-order valence-corrected chi connectivity index (χ4v) is 2.91. The van der Waals surface area contributed by atoms with Gasteiger partial charge in [0.15, 0.2) is 4.77 Å². The van der Waals surface area contributed by atoms with Crippen molar-refractivity contribution in [3.05, 3.63) is 63.9 Å². The quantitative estimate of drug-likeness (QED) is 0.661. The van der Waals surface area contributed by atoms with Crippen molar-refractivity contribution in [3.63, 3.8) is 0 Å². The first-order valence-corrected chi connectivity index (χ1v) is 6.90. The Labute approximate surface area is 121 Å². The average molecular weight is 289 g/mol. The second-order valence-electron chi connectivity index (χ2n) is 4.55. The van der Waals surface area contributed by atoms with E-state index in [1.54, 1.807) is 0 Å². The lowest BCUT2D eigenvalue weighted by Gasteiger charge is -2.15. The van der Waals surface area contributed by atoms with E-state index in [4.69, 9.17) is 23.8 Å². The SMILES string of the molecule is CC(c1ccccc1)n1c(=S)[nH]c2cc(Cl)ccc21. The zero-order valence-corrected chi connectivity index (χ0v) is 12.0. The Bertz CT molecular complexity index is 774. The number of fused-ring (bicyclic) bond motifs is 1. The Morgan fingerprint density at radius 3 is 2.63 bits per heavy atom. The monoisotopic (exact) mass is 288 g/mol. The molecule has 1 aromatic heterocycles. The lowest BCUT2D eigenvalue weighted by molar-refractivity contribution is 0.649. The predicted molar refractivity (Wildman–Crippen MR) is 82.4 cm³/mol. The molecule has 0 radical (unpaired) electrons. The minimum atomic E-state index is 0.184. The fourth-order valence-electron chi connectivity index (χ4n) is 2.37. The first-order valence-electron chi connectivity index (χ1n) is 6.11. The van der Waals surface area contributed by atoms with E-state index in [2.05, 4.69) is 28.6 Å². The van der Waals surface area contributed by atoms with Crippen LogP contribution in [0.2, 0.25) is 5.02 Å². The minimum absolute atomic E-state index is 0.184. The van der Waals surface area contributed by atoms with E-state index in [0.717, 1.165) is 11.0 Å². The maximum Gasteiger partial charge on any atom is 0.178 e. The van der Waals surface area contributed by atoms with Gasteiger partial charge in [-0.1, -0.05) is 41.9 Å². The summed E-state index contributed by atoms with van der Waals surface area (Å²) in [6.45, 7) is 2.15. The molecular weight excluding hydrogens is 276 g/mol. The Hall–Kier alpha value is -1.58. The summed E-state index contributed by atoms with van der Waals surface area (Å²) in [4.78, 5) is 3.21. The largest absolute Gasteiger partial charge is 0.331 e. The molecule has 1 N–H and O–H groups in total. The van der Waals surface area contributed by atoms with Gasteiger partial charge in [-0.2, -0.15) is 0 Å². The topological polar surface area (TPSA) is 20.7 Å². The molecule has 4 heteroatoms. The van der Waals surface area contributed by atoms with Gasteiger partial charge in [-0.25, -0.2) is 0 Å². The van der Waals surface area contributed by atoms with Crippen LogP contribution in [0.1, 0.15) is 18.5 Å². The summed E-state index contributed by atoms with van der Waals surface area (Å²) in [5.41, 5.74) is 3.28. The number of halogens is 1. The van der Waals surface area contributed by atoms with Gasteiger partial charge < -0.3 is 9.55 Å². The van der Waals surface area contributed by atoms with Crippen molar-refractivity contribution < 1.29 is 0 Å². The van der Waals surface area contributed by atoms with Gasteiger partial charge in [-0.3, -0.25) is 0 Å². The van der Waals surface area contributed by atoms with Crippen molar-refractivity contribution in [3.8, 4) is 0 Å². The summed E-state index contributed by atoms with van der Waals surface area (Å²) in [6.07, 6.45) is 0. The van der Waals surface area contributed by atoms with Crippen molar-refractivity contribution >= 4 is 34.9 Å². The van der Waals surface area contributed by atoms with Crippen LogP contribution in [0.5, 0.6) is 0 Å². The van der Waals surface area contributed by atoms with Gasteiger partial charge >= 0.3 is 0 Å². The number of nitrogens with one attached hydrogen (secondary N) is 1. The summed E-state index contributed by atoms with van der Waals surface area (Å²) in [5, 5.41) is 0.711. The number of H-pyrrole nitrogens is 1. The molecule has 1 atom stereocenters. The highest BCUT2D eigenvalue weighted by atomic mass is 35.5. The Kier molecular flexibility index (Phi) is 3.17. The second kappa shape index (κ2) is 4.83. The third-order valence-corrected chi connectivity index (χ3v) is 3.88. The number of hydrogen-bond acceptors (Lipinski definition) is 1. The predicted octanol–water partition coefficient (Wildman–Crippen LogP) is 4.96. The van der Waals surface area contributed by atoms with Crippen LogP contribution in [0.4, 0.5) is 0 Å². The molecule has 0 bridgehead atoms. The lowest BCUT2D eigenvalue weighted by atomic mass is 10.1. The van der Waals surface area contributed by atoms with Gasteiger partial charge in [0.2, 0.25) is 0 Å². The molecule has 2 nitrogen and oxygen atoms in total. The molecule has 0 aliphatic rings. The third-order valence-electron chi connectivity index (χ3n) is 3.35. The van der Waals surface area contributed by atoms with E-state index in [1.165, 1.54) is 5.56 Å². The van der Waals surface area contributed by atoms with Crippen LogP contribution in [0.15, 0.2) is 48.5 Å². The highest BCUT2D eigenvalue weighted by Crippen LogP contribution is 2.25. The van der Waals surface area contributed by atoms with Crippen LogP contribution in [0, 0.1) is 4.77 Å². The Balaban J connectivity index is 2.20. The summed E-state index contributed by atoms with van der Waals surface area (Å²) in [7, 11) is 0. The lowest BCUT2D eigenvalue weighted by Crippen LogP contribution is -2.06. The van der Waals surface area contributed by atoms with E-state index >= 15 is 0 Å². The van der Waals surface area contributed by atoms with Crippen molar-refractivity contribution in [1.29, 1.82) is 0 Å². The van der Waals surface area contributed by atoms with Crippen molar-refractivity contribution in [2.45, 2.75) is 13.0 Å². The average Bonchev–Trinajstić information content (AvgIpc) is 2.74. The molecule has 0 spiro atoms. The molecule has 19 heavy (non-hydrogen) atoms. The van der Waals surface area contributed by atoms with Gasteiger partial charge in [0.1, 0.15) is 0 Å². The molecule has 3 rings (SSSR count). The van der Waals surface area contributed by atoms with E-state index in [0.29, 0.717) is 9.79 Å².